The summed E-state index contributed by atoms with van der Waals surface area (Å²) < 4.78 is 41.1. The average molecular weight is 390 g/mol. The standard InChI is InChI=1S/C15H17F3N4O3S/c1-8(2)22(13(24)6-19)7-12(23)21-14-20-10-4-3-9(5-11(10)26-14)25-15(16,17)18/h3-5,8H,6-7,19H2,1-2H3,(H,20,21,23). The lowest BCUT2D eigenvalue weighted by atomic mass is 10.3. The van der Waals surface area contributed by atoms with E-state index >= 15 is 0 Å². The Morgan fingerprint density at radius 2 is 2.08 bits per heavy atom. The van der Waals surface area contributed by atoms with Gasteiger partial charge in [-0.15, -0.1) is 13.2 Å². The van der Waals surface area contributed by atoms with Crippen molar-refractivity contribution >= 4 is 38.5 Å². The molecule has 0 radical (unpaired) electrons. The minimum atomic E-state index is -4.79. The number of halogens is 3. The average Bonchev–Trinajstić information content (AvgIpc) is 2.91. The Hall–Kier alpha value is -2.40. The number of thiazole rings is 1. The van der Waals surface area contributed by atoms with Crippen molar-refractivity contribution < 1.29 is 27.5 Å². The Morgan fingerprint density at radius 1 is 1.38 bits per heavy atom. The Bertz CT molecular complexity index is 807. The van der Waals surface area contributed by atoms with Crippen LogP contribution in [0.1, 0.15) is 13.8 Å². The summed E-state index contributed by atoms with van der Waals surface area (Å²) in [6, 6.07) is 3.48. The van der Waals surface area contributed by atoms with Gasteiger partial charge >= 0.3 is 6.36 Å². The Balaban J connectivity index is 2.10. The van der Waals surface area contributed by atoms with Crippen molar-refractivity contribution in [1.29, 1.82) is 0 Å². The second kappa shape index (κ2) is 7.87. The zero-order chi connectivity index (χ0) is 19.5. The highest BCUT2D eigenvalue weighted by atomic mass is 32.1. The molecule has 0 fully saturated rings. The number of alkyl halides is 3. The molecule has 26 heavy (non-hydrogen) atoms. The molecule has 2 rings (SSSR count). The molecule has 0 bridgehead atoms. The maximum atomic E-state index is 12.3. The first-order chi connectivity index (χ1) is 12.1. The quantitative estimate of drug-likeness (QED) is 0.789. The molecule has 142 valence electrons. The number of benzene rings is 1. The molecule has 0 aliphatic rings. The van der Waals surface area contributed by atoms with Crippen molar-refractivity contribution in [3.05, 3.63) is 18.2 Å². The van der Waals surface area contributed by atoms with Gasteiger partial charge < -0.3 is 20.7 Å². The number of hydrogen-bond donors (Lipinski definition) is 2. The summed E-state index contributed by atoms with van der Waals surface area (Å²) in [7, 11) is 0. The summed E-state index contributed by atoms with van der Waals surface area (Å²) in [5.74, 6) is -1.22. The summed E-state index contributed by atoms with van der Waals surface area (Å²) in [4.78, 5) is 29.3. The van der Waals surface area contributed by atoms with E-state index in [4.69, 9.17) is 5.73 Å². The predicted octanol–water partition coefficient (Wildman–Crippen LogP) is 2.33. The summed E-state index contributed by atoms with van der Waals surface area (Å²) >= 11 is 0.997. The monoisotopic (exact) mass is 390 g/mol. The molecule has 1 aromatic carbocycles. The number of carbonyl (C=O) groups is 2. The number of amides is 2. The molecule has 0 unspecified atom stereocenters. The van der Waals surface area contributed by atoms with Crippen LogP contribution in [0, 0.1) is 0 Å². The highest BCUT2D eigenvalue weighted by Crippen LogP contribution is 2.31. The summed E-state index contributed by atoms with van der Waals surface area (Å²) in [5, 5.41) is 2.74. The van der Waals surface area contributed by atoms with E-state index < -0.39 is 12.3 Å². The lowest BCUT2D eigenvalue weighted by Crippen LogP contribution is -2.45. The number of anilines is 1. The minimum absolute atomic E-state index is 0.202. The fourth-order valence-corrected chi connectivity index (χ4v) is 3.06. The lowest BCUT2D eigenvalue weighted by Gasteiger charge is -2.25. The third-order valence-electron chi connectivity index (χ3n) is 3.27. The van der Waals surface area contributed by atoms with E-state index in [2.05, 4.69) is 15.0 Å². The topological polar surface area (TPSA) is 97.5 Å². The minimum Gasteiger partial charge on any atom is -0.406 e. The van der Waals surface area contributed by atoms with Crippen LogP contribution in [0.3, 0.4) is 0 Å². The molecule has 0 aliphatic carbocycles. The first-order valence-corrected chi connectivity index (χ1v) is 8.36. The molecular formula is C15H17F3N4O3S. The van der Waals surface area contributed by atoms with E-state index in [-0.39, 0.29) is 35.9 Å². The number of ether oxygens (including phenoxy) is 1. The van der Waals surface area contributed by atoms with Crippen LogP contribution in [0.4, 0.5) is 18.3 Å². The predicted molar refractivity (Wildman–Crippen MR) is 90.8 cm³/mol. The molecule has 0 saturated heterocycles. The summed E-state index contributed by atoms with van der Waals surface area (Å²) in [6.45, 7) is 3.09. The second-order valence-electron chi connectivity index (χ2n) is 5.56. The summed E-state index contributed by atoms with van der Waals surface area (Å²) in [6.07, 6.45) is -4.79. The zero-order valence-electron chi connectivity index (χ0n) is 14.0. The Kier molecular flexibility index (Phi) is 6.03. The molecular weight excluding hydrogens is 373 g/mol. The van der Waals surface area contributed by atoms with Crippen LogP contribution in [-0.2, 0) is 9.59 Å². The van der Waals surface area contributed by atoms with Gasteiger partial charge in [-0.3, -0.25) is 9.59 Å². The van der Waals surface area contributed by atoms with Gasteiger partial charge in [-0.1, -0.05) is 11.3 Å². The van der Waals surface area contributed by atoms with Crippen molar-refractivity contribution in [3.63, 3.8) is 0 Å². The van der Waals surface area contributed by atoms with Crippen LogP contribution in [-0.4, -0.2) is 47.2 Å². The molecule has 2 amide bonds. The van der Waals surface area contributed by atoms with E-state index in [0.29, 0.717) is 10.2 Å². The Labute approximate surface area is 150 Å². The molecule has 0 aliphatic heterocycles. The van der Waals surface area contributed by atoms with Crippen LogP contribution >= 0.6 is 11.3 Å². The molecule has 0 atom stereocenters. The van der Waals surface area contributed by atoms with E-state index in [1.165, 1.54) is 17.0 Å². The highest BCUT2D eigenvalue weighted by Gasteiger charge is 2.31. The number of hydrogen-bond acceptors (Lipinski definition) is 6. The first kappa shape index (κ1) is 19.9. The van der Waals surface area contributed by atoms with Crippen molar-refractivity contribution in [3.8, 4) is 5.75 Å². The molecule has 0 spiro atoms. The third-order valence-corrected chi connectivity index (χ3v) is 4.21. The lowest BCUT2D eigenvalue weighted by molar-refractivity contribution is -0.274. The highest BCUT2D eigenvalue weighted by molar-refractivity contribution is 7.22. The van der Waals surface area contributed by atoms with E-state index in [1.807, 2.05) is 0 Å². The molecule has 11 heteroatoms. The summed E-state index contributed by atoms with van der Waals surface area (Å²) in [5.41, 5.74) is 5.74. The number of carbonyl (C=O) groups excluding carboxylic acids is 2. The SMILES string of the molecule is CC(C)N(CC(=O)Nc1nc2ccc(OC(F)(F)F)cc2s1)C(=O)CN. The molecule has 3 N–H and O–H groups in total. The molecule has 0 saturated carbocycles. The van der Waals surface area contributed by atoms with E-state index in [1.54, 1.807) is 13.8 Å². The van der Waals surface area contributed by atoms with Gasteiger partial charge in [-0.05, 0) is 26.0 Å². The largest absolute Gasteiger partial charge is 0.573 e. The number of nitrogens with one attached hydrogen (secondary N) is 1. The molecule has 1 aromatic heterocycles. The maximum Gasteiger partial charge on any atom is 0.573 e. The third kappa shape index (κ3) is 5.30. The number of aromatic nitrogens is 1. The van der Waals surface area contributed by atoms with Gasteiger partial charge in [-0.2, -0.15) is 0 Å². The fourth-order valence-electron chi connectivity index (χ4n) is 2.15. The number of rotatable bonds is 6. The van der Waals surface area contributed by atoms with Gasteiger partial charge in [0.2, 0.25) is 11.8 Å². The van der Waals surface area contributed by atoms with Gasteiger partial charge in [-0.25, -0.2) is 4.98 Å². The van der Waals surface area contributed by atoms with Crippen LogP contribution < -0.4 is 15.8 Å². The normalized spacial score (nSPS) is 11.7. The first-order valence-electron chi connectivity index (χ1n) is 7.55. The van der Waals surface area contributed by atoms with Gasteiger partial charge in [0.05, 0.1) is 16.8 Å². The van der Waals surface area contributed by atoms with Gasteiger partial charge in [0, 0.05) is 12.1 Å². The van der Waals surface area contributed by atoms with Gasteiger partial charge in [0.1, 0.15) is 12.3 Å². The van der Waals surface area contributed by atoms with Crippen LogP contribution in [0.15, 0.2) is 18.2 Å². The number of nitrogens with zero attached hydrogens (tertiary/aromatic N) is 2. The number of fused-ring (bicyclic) bond motifs is 1. The smallest absolute Gasteiger partial charge is 0.406 e. The van der Waals surface area contributed by atoms with Gasteiger partial charge in [0.15, 0.2) is 5.13 Å². The van der Waals surface area contributed by atoms with Crippen molar-refractivity contribution in [2.45, 2.75) is 26.3 Å². The van der Waals surface area contributed by atoms with Gasteiger partial charge in [0.25, 0.3) is 0 Å². The molecule has 2 aromatic rings. The molecule has 7 nitrogen and oxygen atoms in total. The molecule has 1 heterocycles. The maximum absolute atomic E-state index is 12.3. The number of nitrogens with two attached hydrogens (primary N) is 1. The van der Waals surface area contributed by atoms with Crippen molar-refractivity contribution in [1.82, 2.24) is 9.88 Å². The zero-order valence-corrected chi connectivity index (χ0v) is 14.8. The van der Waals surface area contributed by atoms with Crippen molar-refractivity contribution in [2.75, 3.05) is 18.4 Å². The fraction of sp³-hybridized carbons (Fsp3) is 0.400. The van der Waals surface area contributed by atoms with Crippen molar-refractivity contribution in [2.24, 2.45) is 5.73 Å². The van der Waals surface area contributed by atoms with Crippen LogP contribution in [0.25, 0.3) is 10.2 Å². The Morgan fingerprint density at radius 3 is 2.65 bits per heavy atom. The second-order valence-corrected chi connectivity index (χ2v) is 6.59. The van der Waals surface area contributed by atoms with E-state index in [0.717, 1.165) is 17.4 Å². The van der Waals surface area contributed by atoms with E-state index in [9.17, 15) is 22.8 Å². The van der Waals surface area contributed by atoms with Crippen LogP contribution in [0.2, 0.25) is 0 Å². The van der Waals surface area contributed by atoms with Crippen LogP contribution in [0.5, 0.6) is 5.75 Å².